The lowest BCUT2D eigenvalue weighted by Gasteiger charge is -2.04. The summed E-state index contributed by atoms with van der Waals surface area (Å²) in [6.07, 6.45) is 0. The van der Waals surface area contributed by atoms with Gasteiger partial charge in [0.05, 0.1) is 12.3 Å². The van der Waals surface area contributed by atoms with Gasteiger partial charge < -0.3 is 4.52 Å². The molecule has 0 unspecified atom stereocenters. The minimum atomic E-state index is -3.51. The number of hydrogen-bond donors (Lipinski definition) is 1. The molecule has 0 amide bonds. The molecule has 1 heterocycles. The zero-order valence-electron chi connectivity index (χ0n) is 12.8. The van der Waals surface area contributed by atoms with Gasteiger partial charge in [-0.25, -0.2) is 13.1 Å². The number of hydrogen-bond acceptors (Lipinski definition) is 5. The van der Waals surface area contributed by atoms with Crippen LogP contribution in [0.25, 0.3) is 11.4 Å². The lowest BCUT2D eigenvalue weighted by atomic mass is 10.2. The number of sulfonamides is 1. The van der Waals surface area contributed by atoms with Crippen LogP contribution in [0.3, 0.4) is 0 Å². The third-order valence-electron chi connectivity index (χ3n) is 3.26. The Hall–Kier alpha value is -1.55. The van der Waals surface area contributed by atoms with E-state index in [9.17, 15) is 8.42 Å². The monoisotopic (exact) mass is 485 g/mol. The van der Waals surface area contributed by atoms with E-state index in [2.05, 4.69) is 46.7 Å². The van der Waals surface area contributed by atoms with E-state index in [1.807, 2.05) is 24.3 Å². The van der Waals surface area contributed by atoms with Crippen molar-refractivity contribution in [2.75, 3.05) is 0 Å². The molecule has 0 fully saturated rings. The molecular formula is C16H13Br2N3O3S. The maximum atomic E-state index is 12.2. The second kappa shape index (κ2) is 7.77. The molecular weight excluding hydrogens is 474 g/mol. The SMILES string of the molecule is O=S(=O)(Cc1ccc(Br)cc1)NCc1nc(-c2cccc(Br)c2)no1. The molecule has 3 aromatic rings. The van der Waals surface area contributed by atoms with Crippen LogP contribution in [0.1, 0.15) is 11.5 Å². The van der Waals surface area contributed by atoms with E-state index in [1.165, 1.54) is 0 Å². The number of nitrogens with zero attached hydrogens (tertiary/aromatic N) is 2. The van der Waals surface area contributed by atoms with Crippen molar-refractivity contribution in [2.45, 2.75) is 12.3 Å². The van der Waals surface area contributed by atoms with Gasteiger partial charge in [-0.3, -0.25) is 0 Å². The molecule has 1 aromatic heterocycles. The lowest BCUT2D eigenvalue weighted by Crippen LogP contribution is -2.24. The van der Waals surface area contributed by atoms with Gasteiger partial charge in [0.2, 0.25) is 21.7 Å². The molecule has 0 aliphatic carbocycles. The highest BCUT2D eigenvalue weighted by Crippen LogP contribution is 2.20. The van der Waals surface area contributed by atoms with Gasteiger partial charge in [0.25, 0.3) is 0 Å². The zero-order chi connectivity index (χ0) is 17.9. The van der Waals surface area contributed by atoms with Crippen molar-refractivity contribution < 1.29 is 12.9 Å². The molecule has 25 heavy (non-hydrogen) atoms. The standard InChI is InChI=1S/C16H13Br2N3O3S/c17-13-6-4-11(5-7-13)10-25(22,23)19-9-15-20-16(21-24-15)12-2-1-3-14(18)8-12/h1-8,19H,9-10H2. The Labute approximate surface area is 162 Å². The molecule has 0 atom stereocenters. The summed E-state index contributed by atoms with van der Waals surface area (Å²) in [6.45, 7) is -0.0557. The summed E-state index contributed by atoms with van der Waals surface area (Å²) in [5.41, 5.74) is 1.47. The molecule has 9 heteroatoms. The Kier molecular flexibility index (Phi) is 5.67. The van der Waals surface area contributed by atoms with Crippen LogP contribution in [0.15, 0.2) is 62.0 Å². The summed E-state index contributed by atoms with van der Waals surface area (Å²) in [4.78, 5) is 4.21. The van der Waals surface area contributed by atoms with E-state index in [-0.39, 0.29) is 18.2 Å². The van der Waals surface area contributed by atoms with Gasteiger partial charge in [-0.1, -0.05) is 61.3 Å². The van der Waals surface area contributed by atoms with E-state index < -0.39 is 10.0 Å². The number of aromatic nitrogens is 2. The lowest BCUT2D eigenvalue weighted by molar-refractivity contribution is 0.376. The van der Waals surface area contributed by atoms with E-state index >= 15 is 0 Å². The Balaban J connectivity index is 1.64. The smallest absolute Gasteiger partial charge is 0.242 e. The van der Waals surface area contributed by atoms with Crippen LogP contribution in [0, 0.1) is 0 Å². The first-order valence-electron chi connectivity index (χ1n) is 7.22. The highest BCUT2D eigenvalue weighted by atomic mass is 79.9. The van der Waals surface area contributed by atoms with E-state index in [0.717, 1.165) is 14.5 Å². The number of rotatable bonds is 6. The minimum Gasteiger partial charge on any atom is -0.338 e. The van der Waals surface area contributed by atoms with Crippen LogP contribution in [-0.2, 0) is 22.3 Å². The maximum Gasteiger partial charge on any atom is 0.242 e. The minimum absolute atomic E-state index is 0.0557. The van der Waals surface area contributed by atoms with Crippen LogP contribution in [0.4, 0.5) is 0 Å². The summed E-state index contributed by atoms with van der Waals surface area (Å²) in [5.74, 6) is 0.491. The number of benzene rings is 2. The molecule has 0 spiro atoms. The second-order valence-corrected chi connectivity index (χ2v) is 8.87. The first-order chi connectivity index (χ1) is 11.9. The molecule has 6 nitrogen and oxygen atoms in total. The first kappa shape index (κ1) is 18.2. The topological polar surface area (TPSA) is 85.1 Å². The molecule has 130 valence electrons. The van der Waals surface area contributed by atoms with Crippen LogP contribution >= 0.6 is 31.9 Å². The zero-order valence-corrected chi connectivity index (χ0v) is 16.8. The maximum absolute atomic E-state index is 12.2. The van der Waals surface area contributed by atoms with Gasteiger partial charge in [-0.15, -0.1) is 0 Å². The summed E-state index contributed by atoms with van der Waals surface area (Å²) in [6, 6.07) is 14.5. The molecule has 0 saturated carbocycles. The molecule has 0 radical (unpaired) electrons. The largest absolute Gasteiger partial charge is 0.338 e. The fourth-order valence-corrected chi connectivity index (χ4v) is 3.83. The number of halogens is 2. The van der Waals surface area contributed by atoms with Crippen LogP contribution in [-0.4, -0.2) is 18.6 Å². The van der Waals surface area contributed by atoms with Gasteiger partial charge in [0.1, 0.15) is 0 Å². The van der Waals surface area contributed by atoms with Crippen molar-refractivity contribution >= 4 is 41.9 Å². The fourth-order valence-electron chi connectivity index (χ4n) is 2.09. The van der Waals surface area contributed by atoms with Crippen molar-refractivity contribution in [1.29, 1.82) is 0 Å². The van der Waals surface area contributed by atoms with Crippen molar-refractivity contribution in [3.63, 3.8) is 0 Å². The summed E-state index contributed by atoms with van der Waals surface area (Å²) in [7, 11) is -3.51. The average Bonchev–Trinajstić information content (AvgIpc) is 3.04. The van der Waals surface area contributed by atoms with Gasteiger partial charge >= 0.3 is 0 Å². The summed E-state index contributed by atoms with van der Waals surface area (Å²) < 4.78 is 33.7. The Morgan fingerprint density at radius 3 is 2.52 bits per heavy atom. The van der Waals surface area contributed by atoms with E-state index in [4.69, 9.17) is 4.52 Å². The van der Waals surface area contributed by atoms with E-state index in [0.29, 0.717) is 11.4 Å². The van der Waals surface area contributed by atoms with Gasteiger partial charge in [-0.2, -0.15) is 4.98 Å². The summed E-state index contributed by atoms with van der Waals surface area (Å²) in [5, 5.41) is 3.87. The molecule has 0 bridgehead atoms. The van der Waals surface area contributed by atoms with Crippen molar-refractivity contribution in [3.8, 4) is 11.4 Å². The predicted molar refractivity (Wildman–Crippen MR) is 101 cm³/mol. The normalized spacial score (nSPS) is 11.6. The van der Waals surface area contributed by atoms with Crippen LogP contribution in [0.2, 0.25) is 0 Å². The first-order valence-corrected chi connectivity index (χ1v) is 10.5. The predicted octanol–water partition coefficient (Wildman–Crippen LogP) is 3.88. The second-order valence-electron chi connectivity index (χ2n) is 5.23. The molecule has 0 saturated heterocycles. The van der Waals surface area contributed by atoms with Gasteiger partial charge in [-0.05, 0) is 29.8 Å². The molecule has 0 aliphatic heterocycles. The van der Waals surface area contributed by atoms with Crippen LogP contribution in [0.5, 0.6) is 0 Å². The van der Waals surface area contributed by atoms with Gasteiger partial charge in [0.15, 0.2) is 0 Å². The highest BCUT2D eigenvalue weighted by molar-refractivity contribution is 9.10. The number of nitrogens with one attached hydrogen (secondary N) is 1. The highest BCUT2D eigenvalue weighted by Gasteiger charge is 2.15. The fraction of sp³-hybridized carbons (Fsp3) is 0.125. The Bertz CT molecular complexity index is 972. The van der Waals surface area contributed by atoms with Crippen molar-refractivity contribution in [2.24, 2.45) is 0 Å². The van der Waals surface area contributed by atoms with Gasteiger partial charge in [0, 0.05) is 14.5 Å². The molecule has 2 aromatic carbocycles. The molecule has 0 aliphatic rings. The van der Waals surface area contributed by atoms with Crippen molar-refractivity contribution in [1.82, 2.24) is 14.9 Å². The Morgan fingerprint density at radius 2 is 1.80 bits per heavy atom. The summed E-state index contributed by atoms with van der Waals surface area (Å²) >= 11 is 6.69. The average molecular weight is 487 g/mol. The molecule has 1 N–H and O–H groups in total. The van der Waals surface area contributed by atoms with Crippen LogP contribution < -0.4 is 4.72 Å². The van der Waals surface area contributed by atoms with Crippen molar-refractivity contribution in [3.05, 3.63) is 68.9 Å². The quantitative estimate of drug-likeness (QED) is 0.571. The third kappa shape index (κ3) is 5.21. The molecule has 3 rings (SSSR count). The Morgan fingerprint density at radius 1 is 1.04 bits per heavy atom. The van der Waals surface area contributed by atoms with E-state index in [1.54, 1.807) is 24.3 Å². The third-order valence-corrected chi connectivity index (χ3v) is 5.58.